The summed E-state index contributed by atoms with van der Waals surface area (Å²) in [5.74, 6) is 1.32. The normalized spacial score (nSPS) is 10.8. The molecular weight excluding hydrogens is 322 g/mol. The molecule has 1 amide bonds. The molecule has 0 aliphatic rings. The SMILES string of the molecule is CCc1csc(CNC(=O)c2cccc(-c3nc(C)n(C)n3)c2)n1. The molecule has 1 N–H and O–H groups in total. The van der Waals surface area contributed by atoms with Gasteiger partial charge in [-0.25, -0.2) is 9.97 Å². The van der Waals surface area contributed by atoms with Gasteiger partial charge in [0.15, 0.2) is 5.82 Å². The molecule has 6 nitrogen and oxygen atoms in total. The van der Waals surface area contributed by atoms with Crippen LogP contribution in [0.5, 0.6) is 0 Å². The Balaban J connectivity index is 1.72. The number of aromatic nitrogens is 4. The van der Waals surface area contributed by atoms with Gasteiger partial charge in [-0.05, 0) is 25.5 Å². The summed E-state index contributed by atoms with van der Waals surface area (Å²) in [6.07, 6.45) is 0.906. The molecular formula is C17H19N5OS. The van der Waals surface area contributed by atoms with Crippen molar-refractivity contribution >= 4 is 17.2 Å². The van der Waals surface area contributed by atoms with Gasteiger partial charge in [-0.2, -0.15) is 5.10 Å². The van der Waals surface area contributed by atoms with Crippen LogP contribution < -0.4 is 5.32 Å². The first kappa shape index (κ1) is 16.3. The average molecular weight is 341 g/mol. The van der Waals surface area contributed by atoms with E-state index < -0.39 is 0 Å². The summed E-state index contributed by atoms with van der Waals surface area (Å²) in [5, 5.41) is 10.2. The summed E-state index contributed by atoms with van der Waals surface area (Å²) in [4.78, 5) is 21.2. The van der Waals surface area contributed by atoms with Gasteiger partial charge in [-0.15, -0.1) is 11.3 Å². The van der Waals surface area contributed by atoms with E-state index in [4.69, 9.17) is 0 Å². The molecule has 0 unspecified atom stereocenters. The molecule has 0 radical (unpaired) electrons. The van der Waals surface area contributed by atoms with Gasteiger partial charge in [0.2, 0.25) is 0 Å². The smallest absolute Gasteiger partial charge is 0.251 e. The fraction of sp³-hybridized carbons (Fsp3) is 0.294. The topological polar surface area (TPSA) is 72.7 Å². The number of carbonyl (C=O) groups excluding carboxylic acids is 1. The maximum Gasteiger partial charge on any atom is 0.251 e. The van der Waals surface area contributed by atoms with Crippen LogP contribution in [0.2, 0.25) is 0 Å². The lowest BCUT2D eigenvalue weighted by atomic mass is 10.1. The van der Waals surface area contributed by atoms with Crippen LogP contribution in [0.15, 0.2) is 29.6 Å². The zero-order valence-electron chi connectivity index (χ0n) is 13.9. The number of hydrogen-bond donors (Lipinski definition) is 1. The first-order valence-electron chi connectivity index (χ1n) is 7.76. The Morgan fingerprint density at radius 1 is 1.33 bits per heavy atom. The van der Waals surface area contributed by atoms with Gasteiger partial charge < -0.3 is 5.32 Å². The number of benzene rings is 1. The van der Waals surface area contributed by atoms with Crippen LogP contribution in [-0.4, -0.2) is 25.7 Å². The summed E-state index contributed by atoms with van der Waals surface area (Å²) in [6, 6.07) is 7.34. The third-order valence-electron chi connectivity index (χ3n) is 3.73. The second kappa shape index (κ2) is 6.92. The number of carbonyl (C=O) groups is 1. The van der Waals surface area contributed by atoms with Crippen molar-refractivity contribution in [2.75, 3.05) is 0 Å². The lowest BCUT2D eigenvalue weighted by molar-refractivity contribution is 0.0951. The van der Waals surface area contributed by atoms with Crippen LogP contribution in [0.3, 0.4) is 0 Å². The fourth-order valence-corrected chi connectivity index (χ4v) is 3.05. The van der Waals surface area contributed by atoms with Crippen molar-refractivity contribution in [3.05, 3.63) is 51.7 Å². The number of nitrogens with one attached hydrogen (secondary N) is 1. The first-order valence-corrected chi connectivity index (χ1v) is 8.64. The van der Waals surface area contributed by atoms with E-state index in [2.05, 4.69) is 27.3 Å². The number of nitrogens with zero attached hydrogens (tertiary/aromatic N) is 4. The molecule has 2 aromatic heterocycles. The van der Waals surface area contributed by atoms with Crippen LogP contribution in [-0.2, 0) is 20.0 Å². The third-order valence-corrected chi connectivity index (χ3v) is 4.62. The Morgan fingerprint density at radius 3 is 2.83 bits per heavy atom. The Bertz CT molecular complexity index is 848. The first-order chi connectivity index (χ1) is 11.6. The Kier molecular flexibility index (Phi) is 4.71. The number of aryl methyl sites for hydroxylation is 3. The van der Waals surface area contributed by atoms with Gasteiger partial charge in [-0.1, -0.05) is 19.1 Å². The fourth-order valence-electron chi connectivity index (χ4n) is 2.23. The highest BCUT2D eigenvalue weighted by atomic mass is 32.1. The van der Waals surface area contributed by atoms with Gasteiger partial charge in [-0.3, -0.25) is 9.48 Å². The third kappa shape index (κ3) is 3.51. The highest BCUT2D eigenvalue weighted by Crippen LogP contribution is 2.17. The molecule has 0 saturated heterocycles. The Hall–Kier alpha value is -2.54. The molecule has 3 rings (SSSR count). The summed E-state index contributed by atoms with van der Waals surface area (Å²) in [6.45, 7) is 4.40. The highest BCUT2D eigenvalue weighted by molar-refractivity contribution is 7.09. The van der Waals surface area contributed by atoms with Crippen molar-refractivity contribution in [1.82, 2.24) is 25.1 Å². The summed E-state index contributed by atoms with van der Waals surface area (Å²) >= 11 is 1.57. The van der Waals surface area contributed by atoms with Crippen molar-refractivity contribution in [3.8, 4) is 11.4 Å². The monoisotopic (exact) mass is 341 g/mol. The predicted octanol–water partition coefficient (Wildman–Crippen LogP) is 2.74. The van der Waals surface area contributed by atoms with Crippen molar-refractivity contribution < 1.29 is 4.79 Å². The molecule has 0 saturated carbocycles. The van der Waals surface area contributed by atoms with Crippen LogP contribution in [0.25, 0.3) is 11.4 Å². The zero-order valence-corrected chi connectivity index (χ0v) is 14.7. The van der Waals surface area contributed by atoms with Crippen LogP contribution in [0.4, 0.5) is 0 Å². The van der Waals surface area contributed by atoms with E-state index in [1.165, 1.54) is 0 Å². The van der Waals surface area contributed by atoms with Gasteiger partial charge in [0.25, 0.3) is 5.91 Å². The second-order valence-corrected chi connectivity index (χ2v) is 6.40. The average Bonchev–Trinajstić information content (AvgIpc) is 3.19. The Morgan fingerprint density at radius 2 is 2.17 bits per heavy atom. The quantitative estimate of drug-likeness (QED) is 0.774. The summed E-state index contributed by atoms with van der Waals surface area (Å²) < 4.78 is 1.72. The molecule has 0 fully saturated rings. The van der Waals surface area contributed by atoms with Crippen molar-refractivity contribution in [3.63, 3.8) is 0 Å². The van der Waals surface area contributed by atoms with Crippen molar-refractivity contribution in [2.45, 2.75) is 26.8 Å². The lowest BCUT2D eigenvalue weighted by Crippen LogP contribution is -2.22. The minimum atomic E-state index is -0.127. The van der Waals surface area contributed by atoms with E-state index in [9.17, 15) is 4.79 Å². The molecule has 0 spiro atoms. The van der Waals surface area contributed by atoms with E-state index in [-0.39, 0.29) is 5.91 Å². The molecule has 24 heavy (non-hydrogen) atoms. The van der Waals surface area contributed by atoms with Crippen LogP contribution in [0.1, 0.15) is 33.8 Å². The molecule has 1 aromatic carbocycles. The minimum absolute atomic E-state index is 0.127. The molecule has 0 atom stereocenters. The lowest BCUT2D eigenvalue weighted by Gasteiger charge is -2.04. The number of amides is 1. The van der Waals surface area contributed by atoms with Crippen molar-refractivity contribution in [1.29, 1.82) is 0 Å². The highest BCUT2D eigenvalue weighted by Gasteiger charge is 2.11. The predicted molar refractivity (Wildman–Crippen MR) is 93.8 cm³/mol. The second-order valence-electron chi connectivity index (χ2n) is 5.46. The molecule has 7 heteroatoms. The number of rotatable bonds is 5. The van der Waals surface area contributed by atoms with Gasteiger partial charge in [0.1, 0.15) is 10.8 Å². The number of hydrogen-bond acceptors (Lipinski definition) is 5. The molecule has 0 aliphatic heterocycles. The molecule has 124 valence electrons. The molecule has 2 heterocycles. The van der Waals surface area contributed by atoms with Crippen LogP contribution in [0, 0.1) is 6.92 Å². The van der Waals surface area contributed by atoms with Crippen LogP contribution >= 0.6 is 11.3 Å². The van der Waals surface area contributed by atoms with E-state index >= 15 is 0 Å². The zero-order chi connectivity index (χ0) is 17.1. The van der Waals surface area contributed by atoms with Gasteiger partial charge in [0.05, 0.1) is 12.2 Å². The minimum Gasteiger partial charge on any atom is -0.346 e. The van der Waals surface area contributed by atoms with Crippen molar-refractivity contribution in [2.24, 2.45) is 7.05 Å². The molecule has 0 bridgehead atoms. The van der Waals surface area contributed by atoms with E-state index in [1.807, 2.05) is 37.6 Å². The number of thiazole rings is 1. The van der Waals surface area contributed by atoms with E-state index in [0.29, 0.717) is 17.9 Å². The van der Waals surface area contributed by atoms with E-state index in [1.54, 1.807) is 22.1 Å². The maximum atomic E-state index is 12.4. The largest absolute Gasteiger partial charge is 0.346 e. The van der Waals surface area contributed by atoms with Gasteiger partial charge >= 0.3 is 0 Å². The van der Waals surface area contributed by atoms with Gasteiger partial charge in [0, 0.05) is 23.6 Å². The Labute approximate surface area is 144 Å². The molecule has 3 aromatic rings. The standard InChI is InChI=1S/C17H19N5OS/c1-4-14-10-24-15(20-14)9-18-17(23)13-7-5-6-12(8-13)16-19-11(2)22(3)21-16/h5-8,10H,4,9H2,1-3H3,(H,18,23). The maximum absolute atomic E-state index is 12.4. The summed E-state index contributed by atoms with van der Waals surface area (Å²) in [5.41, 5.74) is 2.47. The summed E-state index contributed by atoms with van der Waals surface area (Å²) in [7, 11) is 1.85. The van der Waals surface area contributed by atoms with E-state index in [0.717, 1.165) is 28.5 Å². The molecule has 0 aliphatic carbocycles.